The second-order valence-electron chi connectivity index (χ2n) is 4.79. The van der Waals surface area contributed by atoms with Gasteiger partial charge < -0.3 is 14.9 Å². The molecule has 1 aromatic carbocycles. The lowest BCUT2D eigenvalue weighted by atomic mass is 10.1. The molecule has 0 saturated heterocycles. The molecule has 0 spiro atoms. The highest BCUT2D eigenvalue weighted by molar-refractivity contribution is 5.46. The summed E-state index contributed by atoms with van der Waals surface area (Å²) in [6.07, 6.45) is 1.30. The molecule has 1 aliphatic rings. The quantitative estimate of drug-likeness (QED) is 0.868. The Morgan fingerprint density at radius 1 is 0.947 bits per heavy atom. The number of hydrogen-bond donors (Lipinski definition) is 2. The van der Waals surface area contributed by atoms with Gasteiger partial charge in [-0.1, -0.05) is 30.3 Å². The van der Waals surface area contributed by atoms with E-state index in [1.807, 2.05) is 30.3 Å². The van der Waals surface area contributed by atoms with Crippen molar-refractivity contribution in [3.05, 3.63) is 47.0 Å². The molecule has 100 valence electrons. The fourth-order valence-corrected chi connectivity index (χ4v) is 2.59. The van der Waals surface area contributed by atoms with Gasteiger partial charge in [-0.2, -0.15) is 0 Å². The van der Waals surface area contributed by atoms with Crippen molar-refractivity contribution in [2.45, 2.75) is 19.4 Å². The minimum atomic E-state index is 0.168. The van der Waals surface area contributed by atoms with Gasteiger partial charge in [0.2, 0.25) is 0 Å². The normalized spacial score (nSPS) is 14.9. The molecule has 3 rings (SSSR count). The van der Waals surface area contributed by atoms with Crippen molar-refractivity contribution in [3.63, 3.8) is 0 Å². The Bertz CT molecular complexity index is 545. The Balaban J connectivity index is 1.98. The monoisotopic (exact) mass is 259 g/mol. The van der Waals surface area contributed by atoms with Gasteiger partial charge in [0.1, 0.15) is 0 Å². The van der Waals surface area contributed by atoms with E-state index < -0.39 is 0 Å². The van der Waals surface area contributed by atoms with Crippen LogP contribution in [0.5, 0.6) is 11.8 Å². The summed E-state index contributed by atoms with van der Waals surface area (Å²) in [7, 11) is 0. The summed E-state index contributed by atoms with van der Waals surface area (Å²) < 4.78 is 6.95. The van der Waals surface area contributed by atoms with Crippen molar-refractivity contribution in [3.8, 4) is 11.8 Å². The molecule has 2 heterocycles. The molecule has 0 amide bonds. The van der Waals surface area contributed by atoms with E-state index in [9.17, 15) is 10.2 Å². The first-order valence-corrected chi connectivity index (χ1v) is 6.51. The number of benzene rings is 1. The van der Waals surface area contributed by atoms with Gasteiger partial charge in [0, 0.05) is 24.0 Å². The zero-order valence-electron chi connectivity index (χ0n) is 10.7. The topological polar surface area (TPSA) is 54.6 Å². The molecule has 0 aliphatic carbocycles. The zero-order chi connectivity index (χ0) is 13.2. The highest BCUT2D eigenvalue weighted by Crippen LogP contribution is 2.36. The van der Waals surface area contributed by atoms with Gasteiger partial charge in [-0.15, -0.1) is 0 Å². The third kappa shape index (κ3) is 2.19. The van der Waals surface area contributed by atoms with Crippen molar-refractivity contribution in [2.75, 3.05) is 13.2 Å². The number of nitrogens with zero attached hydrogens (tertiary/aromatic N) is 1. The number of fused-ring (bicyclic) bond motifs is 1. The van der Waals surface area contributed by atoms with Crippen LogP contribution in [0.1, 0.15) is 16.7 Å². The predicted molar refractivity (Wildman–Crippen MR) is 71.5 cm³/mol. The van der Waals surface area contributed by atoms with Crippen LogP contribution in [0, 0.1) is 0 Å². The second-order valence-corrected chi connectivity index (χ2v) is 4.79. The molecule has 0 saturated carbocycles. The lowest BCUT2D eigenvalue weighted by molar-refractivity contribution is 0.145. The van der Waals surface area contributed by atoms with E-state index in [1.54, 1.807) is 4.57 Å². The van der Waals surface area contributed by atoms with E-state index in [-0.39, 0.29) is 11.8 Å². The van der Waals surface area contributed by atoms with Crippen LogP contribution in [0.15, 0.2) is 30.3 Å². The van der Waals surface area contributed by atoms with E-state index in [0.717, 1.165) is 16.7 Å². The highest BCUT2D eigenvalue weighted by Gasteiger charge is 2.23. The molecule has 1 aliphatic heterocycles. The minimum absolute atomic E-state index is 0.168. The van der Waals surface area contributed by atoms with Crippen LogP contribution < -0.4 is 0 Å². The Morgan fingerprint density at radius 2 is 1.53 bits per heavy atom. The zero-order valence-corrected chi connectivity index (χ0v) is 10.7. The molecule has 19 heavy (non-hydrogen) atoms. The van der Waals surface area contributed by atoms with Crippen molar-refractivity contribution >= 4 is 0 Å². The first-order valence-electron chi connectivity index (χ1n) is 6.51. The average Bonchev–Trinajstić information content (AvgIpc) is 2.65. The van der Waals surface area contributed by atoms with Crippen LogP contribution in [-0.4, -0.2) is 28.0 Å². The van der Waals surface area contributed by atoms with Crippen molar-refractivity contribution in [1.29, 1.82) is 0 Å². The first kappa shape index (κ1) is 12.1. The predicted octanol–water partition coefficient (Wildman–Crippen LogP) is 2.06. The molecule has 2 aromatic rings. The van der Waals surface area contributed by atoms with Gasteiger partial charge in [-0.3, -0.25) is 4.57 Å². The summed E-state index contributed by atoms with van der Waals surface area (Å²) in [6.45, 7) is 1.66. The number of hydrogen-bond acceptors (Lipinski definition) is 3. The van der Waals surface area contributed by atoms with Gasteiger partial charge >= 0.3 is 0 Å². The van der Waals surface area contributed by atoms with Gasteiger partial charge in [-0.25, -0.2) is 0 Å². The molecule has 0 fully saturated rings. The fraction of sp³-hybridized carbons (Fsp3) is 0.333. The van der Waals surface area contributed by atoms with E-state index in [4.69, 9.17) is 4.74 Å². The lowest BCUT2D eigenvalue weighted by Gasteiger charge is -2.08. The number of ether oxygens (including phenoxy) is 1. The molecular weight excluding hydrogens is 242 g/mol. The standard InChI is InChI=1S/C15H17NO3/c17-14-12-6-8-19-9-7-13(12)15(18)16(14)10-11-4-2-1-3-5-11/h1-5,17-18H,6-10H2. The third-order valence-electron chi connectivity index (χ3n) is 3.59. The number of aromatic hydroxyl groups is 2. The summed E-state index contributed by atoms with van der Waals surface area (Å²) in [4.78, 5) is 0. The van der Waals surface area contributed by atoms with Crippen LogP contribution in [0.3, 0.4) is 0 Å². The van der Waals surface area contributed by atoms with E-state index in [2.05, 4.69) is 0 Å². The molecule has 0 unspecified atom stereocenters. The fourth-order valence-electron chi connectivity index (χ4n) is 2.59. The van der Waals surface area contributed by atoms with Crippen LogP contribution in [0.25, 0.3) is 0 Å². The summed E-state index contributed by atoms with van der Waals surface area (Å²) in [5.41, 5.74) is 2.70. The van der Waals surface area contributed by atoms with E-state index in [0.29, 0.717) is 32.6 Å². The molecule has 4 nitrogen and oxygen atoms in total. The summed E-state index contributed by atoms with van der Waals surface area (Å²) in [5.74, 6) is 0.337. The second kappa shape index (κ2) is 4.97. The molecule has 2 N–H and O–H groups in total. The third-order valence-corrected chi connectivity index (χ3v) is 3.59. The van der Waals surface area contributed by atoms with Gasteiger partial charge in [0.05, 0.1) is 19.8 Å². The van der Waals surface area contributed by atoms with Crippen molar-refractivity contribution in [2.24, 2.45) is 0 Å². The van der Waals surface area contributed by atoms with Gasteiger partial charge in [0.15, 0.2) is 11.8 Å². The number of rotatable bonds is 2. The Morgan fingerprint density at radius 3 is 2.11 bits per heavy atom. The largest absolute Gasteiger partial charge is 0.494 e. The molecule has 4 heteroatoms. The molecule has 0 radical (unpaired) electrons. The summed E-state index contributed by atoms with van der Waals surface area (Å²) in [5, 5.41) is 20.6. The van der Waals surface area contributed by atoms with E-state index >= 15 is 0 Å². The smallest absolute Gasteiger partial charge is 0.197 e. The average molecular weight is 259 g/mol. The maximum absolute atomic E-state index is 10.3. The van der Waals surface area contributed by atoms with Gasteiger partial charge in [0.25, 0.3) is 0 Å². The Labute approximate surface area is 111 Å². The van der Waals surface area contributed by atoms with Crippen LogP contribution in [0.2, 0.25) is 0 Å². The van der Waals surface area contributed by atoms with Crippen molar-refractivity contribution in [1.82, 2.24) is 4.57 Å². The molecule has 1 aromatic heterocycles. The first-order chi connectivity index (χ1) is 9.27. The van der Waals surface area contributed by atoms with Gasteiger partial charge in [-0.05, 0) is 5.56 Å². The SMILES string of the molecule is Oc1c2c(c(O)n1Cc1ccccc1)CCOCC2. The van der Waals surface area contributed by atoms with E-state index in [1.165, 1.54) is 0 Å². The highest BCUT2D eigenvalue weighted by atomic mass is 16.5. The van der Waals surface area contributed by atoms with Crippen LogP contribution in [0.4, 0.5) is 0 Å². The maximum Gasteiger partial charge on any atom is 0.197 e. The number of aromatic nitrogens is 1. The lowest BCUT2D eigenvalue weighted by Crippen LogP contribution is -2.01. The molecular formula is C15H17NO3. The molecule has 0 bridgehead atoms. The maximum atomic E-state index is 10.3. The Kier molecular flexibility index (Phi) is 3.17. The summed E-state index contributed by atoms with van der Waals surface area (Å²) >= 11 is 0. The summed E-state index contributed by atoms with van der Waals surface area (Å²) in [6, 6.07) is 9.81. The minimum Gasteiger partial charge on any atom is -0.494 e. The molecule has 0 atom stereocenters. The van der Waals surface area contributed by atoms with Crippen LogP contribution in [-0.2, 0) is 24.1 Å². The van der Waals surface area contributed by atoms with Crippen LogP contribution >= 0.6 is 0 Å². The van der Waals surface area contributed by atoms with Crippen molar-refractivity contribution < 1.29 is 14.9 Å². The Hall–Kier alpha value is -1.94.